The molecule has 0 N–H and O–H groups in total. The Balaban J connectivity index is 1.95. The first-order chi connectivity index (χ1) is 12.8. The average Bonchev–Trinajstić information content (AvgIpc) is 2.71. The van der Waals surface area contributed by atoms with E-state index >= 15 is 0 Å². The van der Waals surface area contributed by atoms with E-state index in [2.05, 4.69) is 127 Å². The molecule has 0 aliphatic carbocycles. The van der Waals surface area contributed by atoms with Gasteiger partial charge in [0.2, 0.25) is 0 Å². The van der Waals surface area contributed by atoms with E-state index < -0.39 is 7.92 Å². The monoisotopic (exact) mass is 344 g/mol. The molecule has 4 aromatic carbocycles. The minimum atomic E-state index is -0.603. The average molecular weight is 344 g/mol. The summed E-state index contributed by atoms with van der Waals surface area (Å²) in [6.07, 6.45) is 0. The van der Waals surface area contributed by atoms with Crippen LogP contribution in [0.25, 0.3) is 11.1 Å². The van der Waals surface area contributed by atoms with Crippen molar-refractivity contribution < 1.29 is 0 Å². The predicted molar refractivity (Wildman–Crippen MR) is 116 cm³/mol. The number of hydrogen-bond donors (Lipinski definition) is 0. The van der Waals surface area contributed by atoms with Crippen LogP contribution in [0.1, 0.15) is 0 Å². The van der Waals surface area contributed by atoms with Crippen LogP contribution in [0.4, 0.5) is 0 Å². The van der Waals surface area contributed by atoms with Crippen molar-refractivity contribution in [1.29, 1.82) is 0 Å². The van der Waals surface area contributed by atoms with E-state index in [1.807, 2.05) is 0 Å². The van der Waals surface area contributed by atoms with Gasteiger partial charge < -0.3 is 0 Å². The summed E-state index contributed by atoms with van der Waals surface area (Å²) in [7, 11) is -0.603. The molecular weight excluding hydrogens is 326 g/mol. The zero-order valence-corrected chi connectivity index (χ0v) is 15.7. The molecule has 26 heavy (non-hydrogen) atoms. The van der Waals surface area contributed by atoms with Crippen LogP contribution in [0, 0.1) is 0 Å². The van der Waals surface area contributed by atoms with E-state index in [1.165, 1.54) is 31.3 Å². The SMILES string of the molecule is [Li][c]1ccccc1-c1ccccc1P(c1ccccc1)c1ccccc1. The maximum atomic E-state index is 2.30. The van der Waals surface area contributed by atoms with Crippen LogP contribution < -0.4 is 20.2 Å². The first-order valence-electron chi connectivity index (χ1n) is 8.90. The Labute approximate surface area is 165 Å². The van der Waals surface area contributed by atoms with Crippen molar-refractivity contribution in [2.24, 2.45) is 0 Å². The molecule has 0 saturated heterocycles. The fraction of sp³-hybridized carbons (Fsp3) is 0. The molecule has 0 nitrogen and oxygen atoms in total. The molecule has 0 bridgehead atoms. The van der Waals surface area contributed by atoms with Gasteiger partial charge in [0.15, 0.2) is 0 Å². The van der Waals surface area contributed by atoms with Crippen LogP contribution in [0.3, 0.4) is 0 Å². The van der Waals surface area contributed by atoms with Crippen molar-refractivity contribution in [3.63, 3.8) is 0 Å². The summed E-state index contributed by atoms with van der Waals surface area (Å²) in [5.41, 5.74) is 2.66. The van der Waals surface area contributed by atoms with Gasteiger partial charge in [-0.05, 0) is 0 Å². The van der Waals surface area contributed by atoms with Crippen molar-refractivity contribution in [3.05, 3.63) is 109 Å². The van der Waals surface area contributed by atoms with Gasteiger partial charge in [-0.2, -0.15) is 0 Å². The van der Waals surface area contributed by atoms with E-state index in [0.717, 1.165) is 0 Å². The molecule has 2 heteroatoms. The van der Waals surface area contributed by atoms with Crippen molar-refractivity contribution in [1.82, 2.24) is 0 Å². The molecule has 0 aliphatic rings. The van der Waals surface area contributed by atoms with E-state index in [9.17, 15) is 0 Å². The van der Waals surface area contributed by atoms with Gasteiger partial charge >= 0.3 is 166 Å². The van der Waals surface area contributed by atoms with Crippen LogP contribution in [0.5, 0.6) is 0 Å². The number of hydrogen-bond acceptors (Lipinski definition) is 0. The van der Waals surface area contributed by atoms with Crippen LogP contribution in [-0.4, -0.2) is 17.7 Å². The van der Waals surface area contributed by atoms with E-state index in [0.29, 0.717) is 0 Å². The summed E-state index contributed by atoms with van der Waals surface area (Å²) in [5, 5.41) is 4.18. The molecular formula is C24H18LiP. The van der Waals surface area contributed by atoms with E-state index in [4.69, 9.17) is 0 Å². The predicted octanol–water partition coefficient (Wildman–Crippen LogP) is 3.91. The molecule has 0 atom stereocenters. The molecule has 0 aliphatic heterocycles. The van der Waals surface area contributed by atoms with Gasteiger partial charge in [0.1, 0.15) is 0 Å². The first kappa shape index (κ1) is 17.3. The Bertz CT molecular complexity index is 957. The van der Waals surface area contributed by atoms with Crippen molar-refractivity contribution in [2.75, 3.05) is 0 Å². The van der Waals surface area contributed by atoms with Crippen LogP contribution in [0.2, 0.25) is 0 Å². The molecule has 0 radical (unpaired) electrons. The molecule has 0 spiro atoms. The quantitative estimate of drug-likeness (QED) is 0.389. The molecule has 0 unspecified atom stereocenters. The zero-order chi connectivity index (χ0) is 17.8. The van der Waals surface area contributed by atoms with E-state index in [-0.39, 0.29) is 0 Å². The topological polar surface area (TPSA) is 0 Å². The molecule has 0 amide bonds. The summed E-state index contributed by atoms with van der Waals surface area (Å²) in [4.78, 5) is 0. The Morgan fingerprint density at radius 2 is 0.923 bits per heavy atom. The van der Waals surface area contributed by atoms with Crippen molar-refractivity contribution >= 4 is 45.8 Å². The summed E-state index contributed by atoms with van der Waals surface area (Å²) in [6, 6.07) is 39.3. The Morgan fingerprint density at radius 3 is 1.50 bits per heavy atom. The van der Waals surface area contributed by atoms with Gasteiger partial charge in [-0.1, -0.05) is 0 Å². The van der Waals surface area contributed by atoms with Crippen molar-refractivity contribution in [3.8, 4) is 11.1 Å². The second-order valence-electron chi connectivity index (χ2n) is 6.34. The summed E-state index contributed by atoms with van der Waals surface area (Å²) >= 11 is 2.19. The maximum absolute atomic E-state index is 2.30. The molecule has 0 aromatic heterocycles. The second-order valence-corrected chi connectivity index (χ2v) is 8.52. The first-order valence-corrected chi connectivity index (χ1v) is 10.2. The van der Waals surface area contributed by atoms with Crippen LogP contribution in [0.15, 0.2) is 109 Å². The summed E-state index contributed by atoms with van der Waals surface area (Å²) < 4.78 is 1.32. The molecule has 4 aromatic rings. The van der Waals surface area contributed by atoms with Gasteiger partial charge in [-0.3, -0.25) is 0 Å². The molecule has 0 saturated carbocycles. The third-order valence-electron chi connectivity index (χ3n) is 4.61. The summed E-state index contributed by atoms with van der Waals surface area (Å²) in [5.74, 6) is 0. The zero-order valence-electron chi connectivity index (χ0n) is 14.8. The van der Waals surface area contributed by atoms with Crippen LogP contribution >= 0.6 is 7.92 Å². The fourth-order valence-corrected chi connectivity index (χ4v) is 5.82. The third-order valence-corrected chi connectivity index (χ3v) is 7.11. The van der Waals surface area contributed by atoms with Gasteiger partial charge in [0.25, 0.3) is 0 Å². The summed E-state index contributed by atoms with van der Waals surface area (Å²) in [6.45, 7) is 0. The minimum absolute atomic E-state index is 0.603. The Hall–Kier alpha value is -2.09. The van der Waals surface area contributed by atoms with Crippen molar-refractivity contribution in [2.45, 2.75) is 0 Å². The molecule has 0 heterocycles. The van der Waals surface area contributed by atoms with Gasteiger partial charge in [-0.25, -0.2) is 0 Å². The fourth-order valence-electron chi connectivity index (χ4n) is 3.35. The molecule has 0 fully saturated rings. The molecule has 120 valence electrons. The molecule has 4 rings (SSSR count). The van der Waals surface area contributed by atoms with Gasteiger partial charge in [0, 0.05) is 0 Å². The van der Waals surface area contributed by atoms with Crippen LogP contribution in [-0.2, 0) is 0 Å². The standard InChI is InChI=1S/C24H18P.Li/c1-4-12-20(13-5-1)23-18-10-11-19-24(23)25(21-14-6-2-7-15-21)22-16-8-3-9-17-22;/h1-12,14-19H;. The number of benzene rings is 4. The Morgan fingerprint density at radius 1 is 0.462 bits per heavy atom. The van der Waals surface area contributed by atoms with Gasteiger partial charge in [0.05, 0.1) is 0 Å². The van der Waals surface area contributed by atoms with E-state index in [1.54, 1.807) is 0 Å². The Kier molecular flexibility index (Phi) is 5.38. The normalized spacial score (nSPS) is 10.9. The van der Waals surface area contributed by atoms with Gasteiger partial charge in [-0.15, -0.1) is 0 Å². The number of rotatable bonds is 4. The third kappa shape index (κ3) is 3.55. The second kappa shape index (κ2) is 8.07.